The third-order valence-electron chi connectivity index (χ3n) is 6.56. The fourth-order valence-electron chi connectivity index (χ4n) is 5.09. The molecule has 6 heteroatoms. The van der Waals surface area contributed by atoms with E-state index in [-0.39, 0.29) is 24.0 Å². The van der Waals surface area contributed by atoms with E-state index in [4.69, 9.17) is 0 Å². The maximum absolute atomic E-state index is 10.4. The smallest absolute Gasteiger partial charge is 0.193 e. The Morgan fingerprint density at radius 1 is 1.14 bits per heavy atom. The van der Waals surface area contributed by atoms with Crippen molar-refractivity contribution in [2.24, 2.45) is 10.9 Å². The summed E-state index contributed by atoms with van der Waals surface area (Å²) in [6.07, 6.45) is 8.70. The van der Waals surface area contributed by atoms with Gasteiger partial charge in [-0.05, 0) is 81.1 Å². The van der Waals surface area contributed by atoms with E-state index in [1.165, 1.54) is 62.9 Å². The average Bonchev–Trinajstić information content (AvgIpc) is 3.36. The topological polar surface area (TPSA) is 51.1 Å². The SMILES string of the molecule is CN=C(NCc1c(O)ccc2c1CCCC2)N1CCC(CN2CCCC2)C1.I. The second-order valence-corrected chi connectivity index (χ2v) is 8.42. The van der Waals surface area contributed by atoms with E-state index >= 15 is 0 Å². The van der Waals surface area contributed by atoms with Gasteiger partial charge in [0, 0.05) is 38.8 Å². The van der Waals surface area contributed by atoms with Crippen LogP contribution in [0.3, 0.4) is 0 Å². The van der Waals surface area contributed by atoms with Gasteiger partial charge < -0.3 is 20.2 Å². The first kappa shape index (κ1) is 21.7. The van der Waals surface area contributed by atoms with Crippen LogP contribution in [0.25, 0.3) is 0 Å². The highest BCUT2D eigenvalue weighted by Gasteiger charge is 2.27. The molecule has 0 saturated carbocycles. The van der Waals surface area contributed by atoms with E-state index in [9.17, 15) is 5.11 Å². The van der Waals surface area contributed by atoms with Crippen molar-refractivity contribution in [1.82, 2.24) is 15.1 Å². The maximum Gasteiger partial charge on any atom is 0.193 e. The Balaban J connectivity index is 0.00000225. The van der Waals surface area contributed by atoms with Crippen molar-refractivity contribution in [1.29, 1.82) is 0 Å². The third-order valence-corrected chi connectivity index (χ3v) is 6.56. The molecule has 2 aliphatic heterocycles. The summed E-state index contributed by atoms with van der Waals surface area (Å²) in [6, 6.07) is 3.97. The second-order valence-electron chi connectivity index (χ2n) is 8.42. The van der Waals surface area contributed by atoms with Crippen LogP contribution in [0.1, 0.15) is 48.8 Å². The molecular weight excluding hydrogens is 463 g/mol. The molecule has 5 nitrogen and oxygen atoms in total. The van der Waals surface area contributed by atoms with E-state index < -0.39 is 0 Å². The summed E-state index contributed by atoms with van der Waals surface area (Å²) in [7, 11) is 1.87. The summed E-state index contributed by atoms with van der Waals surface area (Å²) in [5.41, 5.74) is 3.84. The molecule has 0 spiro atoms. The molecular formula is C22H35IN4O. The number of fused-ring (bicyclic) bond motifs is 1. The molecule has 1 aromatic rings. The lowest BCUT2D eigenvalue weighted by Gasteiger charge is -2.25. The molecule has 0 bridgehead atoms. The van der Waals surface area contributed by atoms with Crippen molar-refractivity contribution in [3.8, 4) is 5.75 Å². The zero-order chi connectivity index (χ0) is 18.6. The maximum atomic E-state index is 10.4. The molecule has 1 atom stereocenters. The second kappa shape index (κ2) is 10.1. The first-order chi connectivity index (χ1) is 13.2. The molecule has 3 aliphatic rings. The fraction of sp³-hybridized carbons (Fsp3) is 0.682. The van der Waals surface area contributed by atoms with Gasteiger partial charge in [0.2, 0.25) is 0 Å². The van der Waals surface area contributed by atoms with Gasteiger partial charge in [-0.2, -0.15) is 0 Å². The zero-order valence-electron chi connectivity index (χ0n) is 17.1. The molecule has 2 saturated heterocycles. The highest BCUT2D eigenvalue weighted by Crippen LogP contribution is 2.30. The Labute approximate surface area is 186 Å². The Kier molecular flexibility index (Phi) is 7.85. The van der Waals surface area contributed by atoms with Crippen molar-refractivity contribution in [3.05, 3.63) is 28.8 Å². The molecule has 1 unspecified atom stereocenters. The first-order valence-corrected chi connectivity index (χ1v) is 10.7. The van der Waals surface area contributed by atoms with Crippen LogP contribution in [0.15, 0.2) is 17.1 Å². The van der Waals surface area contributed by atoms with Crippen LogP contribution in [0, 0.1) is 5.92 Å². The van der Waals surface area contributed by atoms with Gasteiger partial charge in [-0.15, -0.1) is 24.0 Å². The predicted molar refractivity (Wildman–Crippen MR) is 126 cm³/mol. The van der Waals surface area contributed by atoms with Crippen LogP contribution < -0.4 is 5.32 Å². The van der Waals surface area contributed by atoms with Crippen LogP contribution >= 0.6 is 24.0 Å². The number of nitrogens with zero attached hydrogens (tertiary/aromatic N) is 3. The van der Waals surface area contributed by atoms with Gasteiger partial charge in [-0.3, -0.25) is 4.99 Å². The van der Waals surface area contributed by atoms with Crippen molar-refractivity contribution in [2.45, 2.75) is 51.5 Å². The first-order valence-electron chi connectivity index (χ1n) is 10.7. The van der Waals surface area contributed by atoms with Gasteiger partial charge in [0.1, 0.15) is 5.75 Å². The lowest BCUT2D eigenvalue weighted by molar-refractivity contribution is 0.281. The predicted octanol–water partition coefficient (Wildman–Crippen LogP) is 3.38. The Bertz CT molecular complexity index is 687. The number of phenolic OH excluding ortho intramolecular Hbond substituents is 1. The summed E-state index contributed by atoms with van der Waals surface area (Å²) < 4.78 is 0. The summed E-state index contributed by atoms with van der Waals surface area (Å²) in [6.45, 7) is 6.63. The number of phenols is 1. The van der Waals surface area contributed by atoms with Gasteiger partial charge in [0.25, 0.3) is 0 Å². The minimum Gasteiger partial charge on any atom is -0.508 e. The van der Waals surface area contributed by atoms with Gasteiger partial charge in [0.05, 0.1) is 0 Å². The number of guanidine groups is 1. The van der Waals surface area contributed by atoms with Crippen LogP contribution in [-0.2, 0) is 19.4 Å². The van der Waals surface area contributed by atoms with E-state index in [0.29, 0.717) is 12.3 Å². The minimum absolute atomic E-state index is 0. The number of aryl methyl sites for hydroxylation is 1. The number of hydrogen-bond donors (Lipinski definition) is 2. The monoisotopic (exact) mass is 498 g/mol. The largest absolute Gasteiger partial charge is 0.508 e. The quantitative estimate of drug-likeness (QED) is 0.380. The van der Waals surface area contributed by atoms with Gasteiger partial charge in [0.15, 0.2) is 5.96 Å². The van der Waals surface area contributed by atoms with Gasteiger partial charge in [-0.1, -0.05) is 6.07 Å². The molecule has 2 fully saturated rings. The third kappa shape index (κ3) is 4.93. The molecule has 0 amide bonds. The molecule has 1 aliphatic carbocycles. The molecule has 4 rings (SSSR count). The number of benzene rings is 1. The van der Waals surface area contributed by atoms with Gasteiger partial charge in [-0.25, -0.2) is 0 Å². The number of aliphatic imine (C=N–C) groups is 1. The lowest BCUT2D eigenvalue weighted by Crippen LogP contribution is -2.40. The van der Waals surface area contributed by atoms with E-state index in [0.717, 1.165) is 43.4 Å². The molecule has 28 heavy (non-hydrogen) atoms. The van der Waals surface area contributed by atoms with E-state index in [2.05, 4.69) is 26.2 Å². The summed E-state index contributed by atoms with van der Waals surface area (Å²) in [5, 5.41) is 14.0. The number of likely N-dealkylation sites (tertiary alicyclic amines) is 2. The molecule has 0 radical (unpaired) electrons. The highest BCUT2D eigenvalue weighted by atomic mass is 127. The number of nitrogens with one attached hydrogen (secondary N) is 1. The van der Waals surface area contributed by atoms with Crippen LogP contribution in [0.2, 0.25) is 0 Å². The standard InChI is InChI=1S/C22H34N4O.HI/c1-23-22(26-13-10-17(16-26)15-25-11-4-5-12-25)24-14-20-19-7-3-2-6-18(19)8-9-21(20)27;/h8-9,17,27H,2-7,10-16H2,1H3,(H,23,24);1H. The summed E-state index contributed by atoms with van der Waals surface area (Å²) in [5.74, 6) is 2.15. The Hall–Kier alpha value is -1.02. The Morgan fingerprint density at radius 3 is 2.71 bits per heavy atom. The van der Waals surface area contributed by atoms with Crippen LogP contribution in [0.4, 0.5) is 0 Å². The number of aromatic hydroxyl groups is 1. The number of hydrogen-bond acceptors (Lipinski definition) is 3. The van der Waals surface area contributed by atoms with E-state index in [1.807, 2.05) is 13.1 Å². The molecule has 1 aromatic carbocycles. The van der Waals surface area contributed by atoms with Crippen LogP contribution in [-0.4, -0.2) is 60.6 Å². The summed E-state index contributed by atoms with van der Waals surface area (Å²) >= 11 is 0. The summed E-state index contributed by atoms with van der Waals surface area (Å²) in [4.78, 5) is 9.55. The van der Waals surface area contributed by atoms with Crippen molar-refractivity contribution in [3.63, 3.8) is 0 Å². The Morgan fingerprint density at radius 2 is 1.93 bits per heavy atom. The lowest BCUT2D eigenvalue weighted by atomic mass is 9.88. The fourth-order valence-corrected chi connectivity index (χ4v) is 5.09. The van der Waals surface area contributed by atoms with Crippen molar-refractivity contribution >= 4 is 29.9 Å². The van der Waals surface area contributed by atoms with Crippen molar-refractivity contribution < 1.29 is 5.11 Å². The molecule has 156 valence electrons. The van der Waals surface area contributed by atoms with Gasteiger partial charge >= 0.3 is 0 Å². The molecule has 0 aromatic heterocycles. The molecule has 2 heterocycles. The minimum atomic E-state index is 0. The van der Waals surface area contributed by atoms with Crippen molar-refractivity contribution in [2.75, 3.05) is 39.8 Å². The van der Waals surface area contributed by atoms with E-state index in [1.54, 1.807) is 0 Å². The molecule has 2 N–H and O–H groups in total. The number of rotatable bonds is 4. The number of halogens is 1. The normalized spacial score (nSPS) is 22.8. The zero-order valence-corrected chi connectivity index (χ0v) is 19.5. The highest BCUT2D eigenvalue weighted by molar-refractivity contribution is 14.0. The van der Waals surface area contributed by atoms with Crippen LogP contribution in [0.5, 0.6) is 5.75 Å². The average molecular weight is 498 g/mol.